The van der Waals surface area contributed by atoms with Gasteiger partial charge in [-0.3, -0.25) is 9.69 Å². The molecule has 2 aromatic rings. The minimum absolute atomic E-state index is 0.109. The number of carbonyl (C=O) groups is 2. The van der Waals surface area contributed by atoms with Crippen LogP contribution in [0, 0.1) is 0 Å². The lowest BCUT2D eigenvalue weighted by Gasteiger charge is -2.12. The minimum Gasteiger partial charge on any atom is -0.493 e. The molecule has 2 aromatic carbocycles. The zero-order chi connectivity index (χ0) is 23.8. The Morgan fingerprint density at radius 3 is 2.73 bits per heavy atom. The Hall–Kier alpha value is -2.58. The first-order valence-corrected chi connectivity index (χ1v) is 12.6. The van der Waals surface area contributed by atoms with Crippen LogP contribution in [0.5, 0.6) is 5.75 Å². The summed E-state index contributed by atoms with van der Waals surface area (Å²) in [6.07, 6.45) is 3.86. The molecular weight excluding hydrogens is 504 g/mol. The van der Waals surface area contributed by atoms with Crippen molar-refractivity contribution in [1.29, 1.82) is 0 Å². The third-order valence-electron chi connectivity index (χ3n) is 4.80. The fraction of sp³-hybridized carbons (Fsp3) is 0.320. The van der Waals surface area contributed by atoms with Crippen LogP contribution in [0.3, 0.4) is 0 Å². The van der Waals surface area contributed by atoms with Crippen molar-refractivity contribution in [2.75, 3.05) is 19.8 Å². The van der Waals surface area contributed by atoms with E-state index in [-0.39, 0.29) is 5.91 Å². The highest BCUT2D eigenvalue weighted by Gasteiger charge is 2.32. The molecule has 1 aliphatic heterocycles. The van der Waals surface area contributed by atoms with Gasteiger partial charge in [0.2, 0.25) is 0 Å². The van der Waals surface area contributed by atoms with Gasteiger partial charge in [-0.2, -0.15) is 0 Å². The van der Waals surface area contributed by atoms with Crippen molar-refractivity contribution in [3.05, 3.63) is 63.0 Å². The second kappa shape index (κ2) is 12.0. The summed E-state index contributed by atoms with van der Waals surface area (Å²) >= 11 is 4.81. The van der Waals surface area contributed by atoms with Gasteiger partial charge in [0.25, 0.3) is 5.91 Å². The van der Waals surface area contributed by atoms with Crippen molar-refractivity contribution in [2.45, 2.75) is 33.6 Å². The van der Waals surface area contributed by atoms with Gasteiger partial charge in [0, 0.05) is 16.6 Å². The average Bonchev–Trinajstić information content (AvgIpc) is 3.09. The Morgan fingerprint density at radius 1 is 1.18 bits per heavy atom. The highest BCUT2D eigenvalue weighted by Crippen LogP contribution is 2.36. The smallest absolute Gasteiger partial charge is 0.338 e. The summed E-state index contributed by atoms with van der Waals surface area (Å²) in [6, 6.07) is 12.7. The molecule has 0 aromatic heterocycles. The largest absolute Gasteiger partial charge is 0.493 e. The second-order valence-electron chi connectivity index (χ2n) is 7.21. The highest BCUT2D eigenvalue weighted by molar-refractivity contribution is 9.10. The summed E-state index contributed by atoms with van der Waals surface area (Å²) < 4.78 is 11.9. The van der Waals surface area contributed by atoms with Crippen molar-refractivity contribution >= 4 is 56.5 Å². The average molecular weight is 531 g/mol. The molecule has 6 nitrogen and oxygen atoms in total. The van der Waals surface area contributed by atoms with Gasteiger partial charge in [0.1, 0.15) is 5.75 Å². The number of halogens is 1. The van der Waals surface area contributed by atoms with E-state index in [1.165, 1.54) is 11.8 Å². The van der Waals surface area contributed by atoms with Gasteiger partial charge < -0.3 is 9.47 Å². The first-order valence-electron chi connectivity index (χ1n) is 11.0. The van der Waals surface area contributed by atoms with Crippen LogP contribution in [-0.2, 0) is 9.53 Å². The lowest BCUT2D eigenvalue weighted by Crippen LogP contribution is -2.28. The summed E-state index contributed by atoms with van der Waals surface area (Å²) in [5, 5.41) is 0.568. The number of amides is 1. The molecule has 0 radical (unpaired) electrons. The van der Waals surface area contributed by atoms with Crippen molar-refractivity contribution in [3.8, 4) is 5.75 Å². The standard InChI is InChI=1S/C25H27BrN2O4S/c1-4-7-13-32-21-12-11-19(26)14-18(21)16-22-23(29)28(5-2)25(33-22)27-20-10-8-9-17(15-20)24(30)31-6-3/h8-12,14-16H,4-7,13H2,1-3H3. The van der Waals surface area contributed by atoms with E-state index >= 15 is 0 Å². The molecule has 174 valence electrons. The molecule has 8 heteroatoms. The van der Waals surface area contributed by atoms with Crippen LogP contribution in [0.15, 0.2) is 56.8 Å². The van der Waals surface area contributed by atoms with E-state index in [1.807, 2.05) is 31.2 Å². The monoisotopic (exact) mass is 530 g/mol. The SMILES string of the molecule is CCCCOc1ccc(Br)cc1C=C1SC(=Nc2cccc(C(=O)OCC)c2)N(CC)C1=O. The maximum Gasteiger partial charge on any atom is 0.338 e. The second-order valence-corrected chi connectivity index (χ2v) is 9.13. The molecule has 0 aliphatic carbocycles. The molecule has 0 spiro atoms. The Labute approximate surface area is 207 Å². The van der Waals surface area contributed by atoms with Crippen molar-refractivity contribution in [3.63, 3.8) is 0 Å². The van der Waals surface area contributed by atoms with Gasteiger partial charge in [-0.05, 0) is 74.5 Å². The topological polar surface area (TPSA) is 68.2 Å². The van der Waals surface area contributed by atoms with Crippen LogP contribution >= 0.6 is 27.7 Å². The van der Waals surface area contributed by atoms with Crippen LogP contribution in [0.25, 0.3) is 6.08 Å². The summed E-state index contributed by atoms with van der Waals surface area (Å²) in [7, 11) is 0. The third-order valence-corrected chi connectivity index (χ3v) is 6.30. The van der Waals surface area contributed by atoms with E-state index in [0.717, 1.165) is 28.6 Å². The van der Waals surface area contributed by atoms with Crippen LogP contribution in [-0.4, -0.2) is 41.7 Å². The minimum atomic E-state index is -0.395. The molecular formula is C25H27BrN2O4S. The predicted octanol–water partition coefficient (Wildman–Crippen LogP) is 6.43. The number of thioether (sulfide) groups is 1. The molecule has 1 amide bonds. The first kappa shape index (κ1) is 25.1. The molecule has 1 aliphatic rings. The van der Waals surface area contributed by atoms with Gasteiger partial charge in [0.15, 0.2) is 5.17 Å². The number of aliphatic imine (C=N–C) groups is 1. The lowest BCUT2D eigenvalue weighted by molar-refractivity contribution is -0.122. The molecule has 3 rings (SSSR count). The number of benzene rings is 2. The normalized spacial score (nSPS) is 16.0. The number of hydrogen-bond acceptors (Lipinski definition) is 6. The Kier molecular flexibility index (Phi) is 9.14. The number of nitrogens with zero attached hydrogens (tertiary/aromatic N) is 2. The van der Waals surface area contributed by atoms with E-state index in [2.05, 4.69) is 27.8 Å². The molecule has 33 heavy (non-hydrogen) atoms. The van der Waals surface area contributed by atoms with Crippen molar-refractivity contribution in [1.82, 2.24) is 4.90 Å². The quantitative estimate of drug-likeness (QED) is 0.212. The molecule has 1 heterocycles. The molecule has 0 atom stereocenters. The van der Waals surface area contributed by atoms with Gasteiger partial charge in [-0.15, -0.1) is 0 Å². The van der Waals surface area contributed by atoms with Crippen molar-refractivity contribution < 1.29 is 19.1 Å². The Morgan fingerprint density at radius 2 is 2.00 bits per heavy atom. The zero-order valence-electron chi connectivity index (χ0n) is 19.0. The number of amidine groups is 1. The van der Waals surface area contributed by atoms with Crippen LogP contribution in [0.4, 0.5) is 5.69 Å². The van der Waals surface area contributed by atoms with Gasteiger partial charge in [-0.1, -0.05) is 35.3 Å². The number of rotatable bonds is 9. The zero-order valence-corrected chi connectivity index (χ0v) is 21.4. The third kappa shape index (κ3) is 6.48. The van der Waals surface area contributed by atoms with Gasteiger partial charge >= 0.3 is 5.97 Å². The van der Waals surface area contributed by atoms with Crippen LogP contribution in [0.1, 0.15) is 49.5 Å². The Bertz CT molecular complexity index is 1080. The number of likely N-dealkylation sites (N-methyl/N-ethyl adjacent to an activating group) is 1. The van der Waals surface area contributed by atoms with E-state index in [0.29, 0.717) is 41.1 Å². The first-order chi connectivity index (χ1) is 16.0. The number of ether oxygens (including phenoxy) is 2. The summed E-state index contributed by atoms with van der Waals surface area (Å²) in [5.74, 6) is 0.235. The predicted molar refractivity (Wildman–Crippen MR) is 137 cm³/mol. The Balaban J connectivity index is 1.90. The number of hydrogen-bond donors (Lipinski definition) is 0. The maximum absolute atomic E-state index is 13.1. The number of carbonyl (C=O) groups excluding carboxylic acids is 2. The van der Waals surface area contributed by atoms with E-state index in [9.17, 15) is 9.59 Å². The van der Waals surface area contributed by atoms with Gasteiger partial charge in [-0.25, -0.2) is 9.79 Å². The maximum atomic E-state index is 13.1. The summed E-state index contributed by atoms with van der Waals surface area (Å²) in [5.41, 5.74) is 1.84. The fourth-order valence-corrected chi connectivity index (χ4v) is 4.56. The fourth-order valence-electron chi connectivity index (χ4n) is 3.13. The number of esters is 1. The summed E-state index contributed by atoms with van der Waals surface area (Å²) in [6.45, 7) is 7.20. The molecule has 0 saturated carbocycles. The summed E-state index contributed by atoms with van der Waals surface area (Å²) in [4.78, 5) is 32.0. The van der Waals surface area contributed by atoms with Crippen molar-refractivity contribution in [2.24, 2.45) is 4.99 Å². The highest BCUT2D eigenvalue weighted by atomic mass is 79.9. The van der Waals surface area contributed by atoms with Crippen LogP contribution < -0.4 is 4.74 Å². The van der Waals surface area contributed by atoms with E-state index in [4.69, 9.17) is 9.47 Å². The number of unbranched alkanes of at least 4 members (excludes halogenated alkanes) is 1. The molecule has 0 N–H and O–H groups in total. The van der Waals surface area contributed by atoms with E-state index in [1.54, 1.807) is 36.1 Å². The molecule has 1 fully saturated rings. The van der Waals surface area contributed by atoms with Gasteiger partial charge in [0.05, 0.1) is 29.4 Å². The van der Waals surface area contributed by atoms with E-state index < -0.39 is 5.97 Å². The lowest BCUT2D eigenvalue weighted by atomic mass is 10.2. The molecule has 0 unspecified atom stereocenters. The molecule has 0 bridgehead atoms. The van der Waals surface area contributed by atoms with Crippen LogP contribution in [0.2, 0.25) is 0 Å². The molecule has 1 saturated heterocycles.